The smallest absolute Gasteiger partial charge is 0.252 e. The second-order valence-electron chi connectivity index (χ2n) is 6.07. The molecule has 1 amide bonds. The maximum atomic E-state index is 12.6. The average molecular weight is 419 g/mol. The van der Waals surface area contributed by atoms with Crippen LogP contribution in [0.1, 0.15) is 19.4 Å². The number of thiazole rings is 1. The third-order valence-electron chi connectivity index (χ3n) is 4.15. The van der Waals surface area contributed by atoms with E-state index in [1.165, 1.54) is 11.3 Å². The van der Waals surface area contributed by atoms with Gasteiger partial charge in [0, 0.05) is 18.2 Å². The number of nitrogens with zero attached hydrogens (tertiary/aromatic N) is 2. The Bertz CT molecular complexity index is 1030. The van der Waals surface area contributed by atoms with Gasteiger partial charge in [0.2, 0.25) is 0 Å². The van der Waals surface area contributed by atoms with Gasteiger partial charge in [0.1, 0.15) is 5.75 Å². The van der Waals surface area contributed by atoms with Gasteiger partial charge in [-0.15, -0.1) is 0 Å². The van der Waals surface area contributed by atoms with Crippen LogP contribution in [0.25, 0.3) is 10.2 Å². The number of hydrogen-bond acceptors (Lipinski definition) is 4. The van der Waals surface area contributed by atoms with Crippen LogP contribution < -0.4 is 9.54 Å². The van der Waals surface area contributed by atoms with Gasteiger partial charge >= 0.3 is 0 Å². The Morgan fingerprint density at radius 2 is 2.00 bits per heavy atom. The first-order valence-electron chi connectivity index (χ1n) is 9.27. The van der Waals surface area contributed by atoms with Gasteiger partial charge in [-0.3, -0.25) is 4.79 Å². The summed E-state index contributed by atoms with van der Waals surface area (Å²) in [6, 6.07) is 13.3. The highest BCUT2D eigenvalue weighted by Crippen LogP contribution is 2.23. The fraction of sp³-hybridized carbons (Fsp3) is 0.333. The van der Waals surface area contributed by atoms with Crippen LogP contribution in [-0.4, -0.2) is 30.3 Å². The third kappa shape index (κ3) is 5.01. The van der Waals surface area contributed by atoms with Crippen molar-refractivity contribution < 1.29 is 14.3 Å². The second-order valence-corrected chi connectivity index (χ2v) is 7.49. The first kappa shape index (κ1) is 20.6. The maximum Gasteiger partial charge on any atom is 0.252 e. The van der Waals surface area contributed by atoms with Crippen molar-refractivity contribution in [1.29, 1.82) is 0 Å². The molecule has 2 aromatic carbocycles. The molecule has 1 heterocycles. The van der Waals surface area contributed by atoms with Gasteiger partial charge in [-0.2, -0.15) is 4.99 Å². The van der Waals surface area contributed by atoms with Gasteiger partial charge in [-0.1, -0.05) is 41.1 Å². The molecule has 0 N–H and O–H groups in total. The average Bonchev–Trinajstić information content (AvgIpc) is 3.00. The molecule has 0 spiro atoms. The Hall–Kier alpha value is -2.15. The van der Waals surface area contributed by atoms with Crippen LogP contribution in [0.2, 0.25) is 5.02 Å². The van der Waals surface area contributed by atoms with Gasteiger partial charge in [-0.05, 0) is 43.7 Å². The number of benzene rings is 2. The Labute approximate surface area is 173 Å². The zero-order chi connectivity index (χ0) is 19.9. The highest BCUT2D eigenvalue weighted by Gasteiger charge is 2.11. The largest absolute Gasteiger partial charge is 0.494 e. The summed E-state index contributed by atoms with van der Waals surface area (Å²) in [6.07, 6.45) is 0.170. The highest BCUT2D eigenvalue weighted by atomic mass is 35.5. The number of halogens is 1. The number of aromatic nitrogens is 1. The van der Waals surface area contributed by atoms with Gasteiger partial charge in [-0.25, -0.2) is 0 Å². The summed E-state index contributed by atoms with van der Waals surface area (Å²) in [4.78, 5) is 17.6. The Kier molecular flexibility index (Phi) is 7.25. The molecule has 3 aromatic rings. The van der Waals surface area contributed by atoms with E-state index in [0.717, 1.165) is 21.5 Å². The number of fused-ring (bicyclic) bond motifs is 1. The molecule has 28 heavy (non-hydrogen) atoms. The molecule has 0 atom stereocenters. The van der Waals surface area contributed by atoms with Crippen LogP contribution in [0.5, 0.6) is 5.75 Å². The van der Waals surface area contributed by atoms with E-state index in [4.69, 9.17) is 21.1 Å². The minimum absolute atomic E-state index is 0.170. The molecule has 3 rings (SSSR count). The van der Waals surface area contributed by atoms with E-state index in [1.807, 2.05) is 54.8 Å². The van der Waals surface area contributed by atoms with Crippen molar-refractivity contribution in [3.63, 3.8) is 0 Å². The minimum atomic E-state index is -0.227. The van der Waals surface area contributed by atoms with Gasteiger partial charge in [0.15, 0.2) is 4.80 Å². The highest BCUT2D eigenvalue weighted by molar-refractivity contribution is 7.16. The number of ether oxygens (including phenoxy) is 2. The van der Waals surface area contributed by atoms with E-state index in [9.17, 15) is 4.79 Å². The summed E-state index contributed by atoms with van der Waals surface area (Å²) in [5.74, 6) is 0.581. The van der Waals surface area contributed by atoms with Crippen molar-refractivity contribution in [3.8, 4) is 5.75 Å². The first-order chi connectivity index (χ1) is 13.6. The van der Waals surface area contributed by atoms with E-state index in [-0.39, 0.29) is 12.3 Å². The van der Waals surface area contributed by atoms with Crippen molar-refractivity contribution in [2.24, 2.45) is 4.99 Å². The van der Waals surface area contributed by atoms with E-state index < -0.39 is 0 Å². The second kappa shape index (κ2) is 9.87. The van der Waals surface area contributed by atoms with Crippen LogP contribution in [-0.2, 0) is 22.5 Å². The third-order valence-corrected chi connectivity index (χ3v) is 5.56. The molecule has 1 aromatic heterocycles. The quantitative estimate of drug-likeness (QED) is 0.507. The minimum Gasteiger partial charge on any atom is -0.494 e. The van der Waals surface area contributed by atoms with E-state index in [2.05, 4.69) is 4.99 Å². The van der Waals surface area contributed by atoms with E-state index >= 15 is 0 Å². The molecular formula is C21H23ClN2O3S. The fourth-order valence-corrected chi connectivity index (χ4v) is 4.17. The van der Waals surface area contributed by atoms with Crippen LogP contribution in [0.3, 0.4) is 0 Å². The zero-order valence-corrected chi connectivity index (χ0v) is 17.6. The summed E-state index contributed by atoms with van der Waals surface area (Å²) in [6.45, 7) is 6.35. The molecule has 0 unspecified atom stereocenters. The van der Waals surface area contributed by atoms with Crippen LogP contribution in [0, 0.1) is 0 Å². The van der Waals surface area contributed by atoms with Gasteiger partial charge in [0.05, 0.1) is 29.9 Å². The Balaban J connectivity index is 1.96. The van der Waals surface area contributed by atoms with Crippen molar-refractivity contribution in [2.45, 2.75) is 26.8 Å². The lowest BCUT2D eigenvalue weighted by Crippen LogP contribution is -2.20. The molecule has 0 bridgehead atoms. The maximum absolute atomic E-state index is 12.6. The van der Waals surface area contributed by atoms with Crippen molar-refractivity contribution in [1.82, 2.24) is 4.57 Å². The molecule has 0 aliphatic carbocycles. The molecule has 0 saturated heterocycles. The number of carbonyl (C=O) groups excluding carboxylic acids is 1. The van der Waals surface area contributed by atoms with E-state index in [0.29, 0.717) is 36.2 Å². The van der Waals surface area contributed by atoms with Crippen LogP contribution in [0.4, 0.5) is 0 Å². The molecule has 0 fully saturated rings. The van der Waals surface area contributed by atoms with Gasteiger partial charge in [0.25, 0.3) is 5.91 Å². The molecule has 7 heteroatoms. The summed E-state index contributed by atoms with van der Waals surface area (Å²) < 4.78 is 14.1. The number of hydrogen-bond donors (Lipinski definition) is 0. The summed E-state index contributed by atoms with van der Waals surface area (Å²) in [7, 11) is 0. The normalized spacial score (nSPS) is 11.9. The summed E-state index contributed by atoms with van der Waals surface area (Å²) in [5.41, 5.74) is 1.79. The van der Waals surface area contributed by atoms with Crippen molar-refractivity contribution >= 4 is 39.1 Å². The summed E-state index contributed by atoms with van der Waals surface area (Å²) in [5, 5.41) is 0.577. The van der Waals surface area contributed by atoms with Crippen LogP contribution >= 0.6 is 22.9 Å². The van der Waals surface area contributed by atoms with E-state index in [1.54, 1.807) is 6.07 Å². The lowest BCUT2D eigenvalue weighted by Gasteiger charge is -2.06. The molecule has 148 valence electrons. The monoisotopic (exact) mass is 418 g/mol. The first-order valence-corrected chi connectivity index (χ1v) is 10.5. The Morgan fingerprint density at radius 3 is 2.75 bits per heavy atom. The topological polar surface area (TPSA) is 52.8 Å². The summed E-state index contributed by atoms with van der Waals surface area (Å²) >= 11 is 7.64. The van der Waals surface area contributed by atoms with Crippen LogP contribution in [0.15, 0.2) is 47.5 Å². The lowest BCUT2D eigenvalue weighted by atomic mass is 10.1. The molecule has 0 aliphatic heterocycles. The lowest BCUT2D eigenvalue weighted by molar-refractivity contribution is -0.117. The fourth-order valence-electron chi connectivity index (χ4n) is 2.86. The number of carbonyl (C=O) groups is 1. The Morgan fingerprint density at radius 1 is 1.18 bits per heavy atom. The van der Waals surface area contributed by atoms with Gasteiger partial charge < -0.3 is 14.0 Å². The SMILES string of the molecule is CCOCCn1c(=NC(=O)Cc2ccccc2Cl)sc2cc(OCC)ccc21. The number of rotatable bonds is 8. The zero-order valence-electron chi connectivity index (χ0n) is 16.0. The number of amides is 1. The molecule has 0 radical (unpaired) electrons. The molecule has 5 nitrogen and oxygen atoms in total. The molecule has 0 saturated carbocycles. The molecular weight excluding hydrogens is 396 g/mol. The molecule has 0 aliphatic rings. The predicted octanol–water partition coefficient (Wildman–Crippen LogP) is 4.46. The van der Waals surface area contributed by atoms with Crippen molar-refractivity contribution in [3.05, 3.63) is 57.9 Å². The standard InChI is InChI=1S/C21H23ClN2O3S/c1-3-26-12-11-24-18-10-9-16(27-4-2)14-19(18)28-21(24)23-20(25)13-15-7-5-6-8-17(15)22/h5-10,14H,3-4,11-13H2,1-2H3. The van der Waals surface area contributed by atoms with Crippen molar-refractivity contribution in [2.75, 3.05) is 19.8 Å². The predicted molar refractivity (Wildman–Crippen MR) is 113 cm³/mol.